The number of hydrogen-bond donors (Lipinski definition) is 1. The minimum absolute atomic E-state index is 0.0101. The molecule has 176 valence electrons. The number of carbonyl (C=O) groups excluding carboxylic acids is 1. The van der Waals surface area contributed by atoms with Gasteiger partial charge in [-0.3, -0.25) is 22.9 Å². The van der Waals surface area contributed by atoms with Crippen LogP contribution >= 0.6 is 7.82 Å². The van der Waals surface area contributed by atoms with Gasteiger partial charge in [0.05, 0.1) is 39.2 Å². The smallest absolute Gasteiger partial charge is 0.475 e. The van der Waals surface area contributed by atoms with E-state index in [2.05, 4.69) is 15.0 Å². The number of hydrogen-bond acceptors (Lipinski definition) is 12. The number of phosphoric acid groups is 1. The average molecular weight is 471 g/mol. The summed E-state index contributed by atoms with van der Waals surface area (Å²) in [6, 6.07) is 0. The van der Waals surface area contributed by atoms with Crippen molar-refractivity contribution in [1.82, 2.24) is 19.5 Å². The van der Waals surface area contributed by atoms with E-state index in [4.69, 9.17) is 33.5 Å². The van der Waals surface area contributed by atoms with Crippen LogP contribution < -0.4 is 10.5 Å². The maximum Gasteiger partial charge on any atom is 0.475 e. The van der Waals surface area contributed by atoms with Gasteiger partial charge in [0.1, 0.15) is 18.4 Å². The third-order valence-corrected chi connectivity index (χ3v) is 6.58. The number of nitrogens with two attached hydrogens (primary N) is 1. The Kier molecular flexibility index (Phi) is 6.63. The van der Waals surface area contributed by atoms with E-state index in [1.165, 1.54) is 0 Å². The number of carbonyl (C=O) groups is 1. The molecule has 0 bridgehead atoms. The molecule has 0 unspecified atom stereocenters. The van der Waals surface area contributed by atoms with E-state index in [0.29, 0.717) is 17.8 Å². The Morgan fingerprint density at radius 3 is 2.91 bits per heavy atom. The lowest BCUT2D eigenvalue weighted by Gasteiger charge is -2.31. The average Bonchev–Trinajstić information content (AvgIpc) is 3.29. The number of nitrogen functional groups attached to an aromatic ring is 1. The first kappa shape index (κ1) is 22.9. The second-order valence-corrected chi connectivity index (χ2v) is 8.89. The van der Waals surface area contributed by atoms with Crippen LogP contribution in [0.15, 0.2) is 6.33 Å². The SMILES string of the molecule is CCOC(=O)CCO[P@@]1(=O)OC[C@H]2O[C@@H](n3cnc4c(OCC)nc(N)nc43)[C@@H](C)[C@@H]2O1. The van der Waals surface area contributed by atoms with Crippen LogP contribution in [0.3, 0.4) is 0 Å². The molecular weight excluding hydrogens is 445 g/mol. The van der Waals surface area contributed by atoms with Gasteiger partial charge in [-0.25, -0.2) is 9.55 Å². The number of ether oxygens (including phenoxy) is 3. The van der Waals surface area contributed by atoms with Crippen molar-refractivity contribution in [3.63, 3.8) is 0 Å². The predicted octanol–water partition coefficient (Wildman–Crippen LogP) is 1.83. The van der Waals surface area contributed by atoms with Gasteiger partial charge < -0.3 is 19.9 Å². The maximum absolute atomic E-state index is 12.9. The number of anilines is 1. The fraction of sp³-hybridized carbons (Fsp3) is 0.667. The first-order valence-electron chi connectivity index (χ1n) is 10.4. The van der Waals surface area contributed by atoms with Crippen molar-refractivity contribution >= 4 is 30.9 Å². The first-order valence-corrected chi connectivity index (χ1v) is 11.8. The van der Waals surface area contributed by atoms with Crippen molar-refractivity contribution in [2.45, 2.75) is 45.6 Å². The minimum atomic E-state index is -3.85. The van der Waals surface area contributed by atoms with Crippen molar-refractivity contribution in [3.8, 4) is 5.88 Å². The molecule has 2 aliphatic heterocycles. The molecule has 2 aliphatic rings. The highest BCUT2D eigenvalue weighted by Gasteiger charge is 2.52. The van der Waals surface area contributed by atoms with E-state index < -0.39 is 32.2 Å². The Labute approximate surface area is 184 Å². The molecule has 2 fully saturated rings. The van der Waals surface area contributed by atoms with Crippen molar-refractivity contribution in [3.05, 3.63) is 6.33 Å². The molecule has 0 amide bonds. The molecule has 2 saturated heterocycles. The van der Waals surface area contributed by atoms with Crippen molar-refractivity contribution in [2.24, 2.45) is 5.92 Å². The molecular formula is C18H26N5O8P. The molecule has 5 atom stereocenters. The van der Waals surface area contributed by atoms with Crippen LogP contribution in [0, 0.1) is 5.92 Å². The number of nitrogens with zero attached hydrogens (tertiary/aromatic N) is 4. The van der Waals surface area contributed by atoms with Crippen molar-refractivity contribution in [1.29, 1.82) is 0 Å². The molecule has 0 saturated carbocycles. The van der Waals surface area contributed by atoms with Crippen molar-refractivity contribution < 1.29 is 37.1 Å². The molecule has 13 nitrogen and oxygen atoms in total. The van der Waals surface area contributed by atoms with Gasteiger partial charge in [-0.05, 0) is 13.8 Å². The molecule has 2 aromatic rings. The van der Waals surface area contributed by atoms with Gasteiger partial charge in [-0.1, -0.05) is 6.92 Å². The zero-order chi connectivity index (χ0) is 22.9. The summed E-state index contributed by atoms with van der Waals surface area (Å²) in [4.78, 5) is 24.2. The Bertz CT molecular complexity index is 1030. The topological polar surface area (TPSA) is 159 Å². The zero-order valence-electron chi connectivity index (χ0n) is 18.0. The molecule has 32 heavy (non-hydrogen) atoms. The number of aromatic nitrogens is 4. The fourth-order valence-corrected chi connectivity index (χ4v) is 5.18. The fourth-order valence-electron chi connectivity index (χ4n) is 3.71. The van der Waals surface area contributed by atoms with Gasteiger partial charge in [0, 0.05) is 5.92 Å². The van der Waals surface area contributed by atoms with Crippen LogP contribution in [0.1, 0.15) is 33.4 Å². The number of rotatable bonds is 8. The zero-order valence-corrected chi connectivity index (χ0v) is 18.9. The number of fused-ring (bicyclic) bond motifs is 2. The lowest BCUT2D eigenvalue weighted by atomic mass is 10.0. The van der Waals surface area contributed by atoms with Gasteiger partial charge in [0.2, 0.25) is 11.8 Å². The summed E-state index contributed by atoms with van der Waals surface area (Å²) in [5.74, 6) is -0.373. The summed E-state index contributed by atoms with van der Waals surface area (Å²) in [6.07, 6.45) is -0.0688. The molecule has 2 N–H and O–H groups in total. The summed E-state index contributed by atoms with van der Waals surface area (Å²) in [7, 11) is -3.85. The van der Waals surface area contributed by atoms with E-state index in [9.17, 15) is 9.36 Å². The molecule has 0 radical (unpaired) electrons. The molecule has 0 aromatic carbocycles. The van der Waals surface area contributed by atoms with Crippen LogP contribution in [-0.4, -0.2) is 64.1 Å². The van der Waals surface area contributed by atoms with Gasteiger partial charge in [0.25, 0.3) is 0 Å². The minimum Gasteiger partial charge on any atom is -0.476 e. The molecule has 14 heteroatoms. The number of phosphoric ester groups is 1. The van der Waals surface area contributed by atoms with Crippen LogP contribution in [0.4, 0.5) is 5.95 Å². The highest BCUT2D eigenvalue weighted by molar-refractivity contribution is 7.48. The molecule has 4 heterocycles. The van der Waals surface area contributed by atoms with E-state index >= 15 is 0 Å². The van der Waals surface area contributed by atoms with E-state index in [-0.39, 0.29) is 44.0 Å². The lowest BCUT2D eigenvalue weighted by Crippen LogP contribution is -2.36. The van der Waals surface area contributed by atoms with Crippen LogP contribution in [0.2, 0.25) is 0 Å². The third-order valence-electron chi connectivity index (χ3n) is 5.12. The highest BCUT2D eigenvalue weighted by atomic mass is 31.2. The quantitative estimate of drug-likeness (QED) is 0.440. The second kappa shape index (κ2) is 9.28. The summed E-state index contributed by atoms with van der Waals surface area (Å²) >= 11 is 0. The third kappa shape index (κ3) is 4.44. The maximum atomic E-state index is 12.9. The molecule has 2 aromatic heterocycles. The highest BCUT2D eigenvalue weighted by Crippen LogP contribution is 2.58. The van der Waals surface area contributed by atoms with Crippen molar-refractivity contribution in [2.75, 3.05) is 32.2 Å². The Balaban J connectivity index is 1.49. The molecule has 0 spiro atoms. The largest absolute Gasteiger partial charge is 0.476 e. The molecule has 0 aliphatic carbocycles. The van der Waals surface area contributed by atoms with Crippen LogP contribution in [0.5, 0.6) is 5.88 Å². The first-order chi connectivity index (χ1) is 15.3. The lowest BCUT2D eigenvalue weighted by molar-refractivity contribution is -0.143. The Morgan fingerprint density at radius 1 is 1.34 bits per heavy atom. The van der Waals surface area contributed by atoms with Gasteiger partial charge in [-0.2, -0.15) is 9.97 Å². The summed E-state index contributed by atoms with van der Waals surface area (Å²) in [5.41, 5.74) is 6.75. The standard InChI is InChI=1S/C18H26N5O8P/c1-4-26-12(24)6-7-28-32(25)29-8-11-14(31-32)10(3)17(30-11)23-9-20-13-15(23)21-18(19)22-16(13)27-5-2/h9-11,14,17H,4-8H2,1-3H3,(H2,19,21,22)/t10-,11+,14-,17+,32-/m0/s1. The summed E-state index contributed by atoms with van der Waals surface area (Å²) < 4.78 is 47.4. The van der Waals surface area contributed by atoms with E-state index in [0.717, 1.165) is 0 Å². The van der Waals surface area contributed by atoms with Crippen LogP contribution in [0.25, 0.3) is 11.2 Å². The molecule has 4 rings (SSSR count). The normalized spacial score (nSPS) is 29.7. The monoisotopic (exact) mass is 471 g/mol. The van der Waals surface area contributed by atoms with Gasteiger partial charge in [0.15, 0.2) is 11.2 Å². The summed E-state index contributed by atoms with van der Waals surface area (Å²) in [5, 5.41) is 0. The Hall–Kier alpha value is -2.31. The second-order valence-electron chi connectivity index (χ2n) is 7.27. The van der Waals surface area contributed by atoms with Gasteiger partial charge in [-0.15, -0.1) is 0 Å². The van der Waals surface area contributed by atoms with E-state index in [1.807, 2.05) is 13.8 Å². The summed E-state index contributed by atoms with van der Waals surface area (Å²) in [6.45, 7) is 5.95. The predicted molar refractivity (Wildman–Crippen MR) is 110 cm³/mol. The Morgan fingerprint density at radius 2 is 2.16 bits per heavy atom. The van der Waals surface area contributed by atoms with E-state index in [1.54, 1.807) is 17.8 Å². The number of imidazole rings is 1. The van der Waals surface area contributed by atoms with Crippen LogP contribution in [-0.2, 0) is 32.4 Å². The number of esters is 1. The van der Waals surface area contributed by atoms with Gasteiger partial charge >= 0.3 is 13.8 Å².